The van der Waals surface area contributed by atoms with Gasteiger partial charge in [-0.15, -0.1) is 0 Å². The van der Waals surface area contributed by atoms with E-state index in [0.29, 0.717) is 30.4 Å². The quantitative estimate of drug-likeness (QED) is 0.340. The fourth-order valence-corrected chi connectivity index (χ4v) is 4.73. The predicted molar refractivity (Wildman–Crippen MR) is 144 cm³/mol. The predicted octanol–water partition coefficient (Wildman–Crippen LogP) is 5.41. The van der Waals surface area contributed by atoms with E-state index in [1.54, 1.807) is 30.5 Å². The van der Waals surface area contributed by atoms with Crippen LogP contribution in [0.15, 0.2) is 85.1 Å². The van der Waals surface area contributed by atoms with E-state index in [4.69, 9.17) is 9.84 Å². The molecule has 7 nitrogen and oxygen atoms in total. The van der Waals surface area contributed by atoms with Crippen LogP contribution in [-0.4, -0.2) is 41.7 Å². The van der Waals surface area contributed by atoms with Crippen LogP contribution in [0.5, 0.6) is 5.75 Å². The van der Waals surface area contributed by atoms with Crippen molar-refractivity contribution in [1.29, 1.82) is 0 Å². The van der Waals surface area contributed by atoms with Gasteiger partial charge in [-0.3, -0.25) is 4.79 Å². The molecule has 188 valence electrons. The number of carbonyl (C=O) groups excluding carboxylic acids is 1. The van der Waals surface area contributed by atoms with Gasteiger partial charge in [0.1, 0.15) is 11.6 Å². The lowest BCUT2D eigenvalue weighted by molar-refractivity contribution is -0.115. The summed E-state index contributed by atoms with van der Waals surface area (Å²) >= 11 is 0. The third-order valence-corrected chi connectivity index (χ3v) is 6.77. The Hall–Kier alpha value is -4.39. The van der Waals surface area contributed by atoms with Gasteiger partial charge in [0.15, 0.2) is 0 Å². The number of fused-ring (bicyclic) bond motifs is 1. The van der Waals surface area contributed by atoms with Crippen LogP contribution in [-0.2, 0) is 11.2 Å². The van der Waals surface area contributed by atoms with Gasteiger partial charge in [0.25, 0.3) is 0 Å². The number of nitrogens with zero attached hydrogens (tertiary/aromatic N) is 2. The zero-order chi connectivity index (χ0) is 25.6. The maximum Gasteiger partial charge on any atom is 0.335 e. The molecule has 0 saturated carbocycles. The lowest BCUT2D eigenvalue weighted by atomic mass is 9.98. The summed E-state index contributed by atoms with van der Waals surface area (Å²) in [7, 11) is 0. The van der Waals surface area contributed by atoms with Crippen LogP contribution in [0.2, 0.25) is 0 Å². The van der Waals surface area contributed by atoms with Crippen molar-refractivity contribution in [2.45, 2.75) is 19.3 Å². The molecule has 1 fully saturated rings. The first-order valence-corrected chi connectivity index (χ1v) is 12.5. The van der Waals surface area contributed by atoms with Crippen molar-refractivity contribution >= 4 is 34.2 Å². The van der Waals surface area contributed by atoms with Gasteiger partial charge in [-0.1, -0.05) is 48.5 Å². The zero-order valence-corrected chi connectivity index (χ0v) is 20.5. The third-order valence-electron chi connectivity index (χ3n) is 6.77. The van der Waals surface area contributed by atoms with E-state index >= 15 is 0 Å². The summed E-state index contributed by atoms with van der Waals surface area (Å²) in [6, 6.07) is 24.5. The number of pyridine rings is 1. The van der Waals surface area contributed by atoms with Gasteiger partial charge in [0.05, 0.1) is 30.5 Å². The monoisotopic (exact) mass is 495 g/mol. The number of benzene rings is 3. The van der Waals surface area contributed by atoms with E-state index in [9.17, 15) is 9.59 Å². The van der Waals surface area contributed by atoms with Crippen molar-refractivity contribution in [3.63, 3.8) is 0 Å². The summed E-state index contributed by atoms with van der Waals surface area (Å²) in [5.41, 5.74) is 1.91. The minimum atomic E-state index is -0.957. The van der Waals surface area contributed by atoms with Crippen molar-refractivity contribution < 1.29 is 19.4 Å². The minimum Gasteiger partial charge on any atom is -0.493 e. The number of aromatic carboxylic acids is 1. The molecule has 4 aromatic rings. The SMILES string of the molecule is O=C(Cc1cccc2ccccc12)Nc1ccc(N2CCC(COc3cccc(C(=O)O)c3)CC2)nc1. The van der Waals surface area contributed by atoms with Crippen LogP contribution in [0.1, 0.15) is 28.8 Å². The van der Waals surface area contributed by atoms with Gasteiger partial charge in [0, 0.05) is 13.1 Å². The van der Waals surface area contributed by atoms with Crippen LogP contribution in [0.4, 0.5) is 11.5 Å². The van der Waals surface area contributed by atoms with Gasteiger partial charge < -0.3 is 20.1 Å². The molecule has 0 spiro atoms. The first kappa shape index (κ1) is 24.3. The largest absolute Gasteiger partial charge is 0.493 e. The average Bonchev–Trinajstić information content (AvgIpc) is 2.93. The fourth-order valence-electron chi connectivity index (χ4n) is 4.73. The summed E-state index contributed by atoms with van der Waals surface area (Å²) in [4.78, 5) is 30.6. The maximum atomic E-state index is 12.7. The second-order valence-corrected chi connectivity index (χ2v) is 9.34. The topological polar surface area (TPSA) is 91.8 Å². The van der Waals surface area contributed by atoms with Crippen molar-refractivity contribution in [3.8, 4) is 5.75 Å². The highest BCUT2D eigenvalue weighted by molar-refractivity contribution is 5.96. The number of rotatable bonds is 8. The lowest BCUT2D eigenvalue weighted by Gasteiger charge is -2.32. The van der Waals surface area contributed by atoms with Crippen molar-refractivity contribution in [3.05, 3.63) is 96.2 Å². The number of hydrogen-bond acceptors (Lipinski definition) is 5. The Kier molecular flexibility index (Phi) is 7.31. The Labute approximate surface area is 215 Å². The number of nitrogens with one attached hydrogen (secondary N) is 1. The first-order chi connectivity index (χ1) is 18.0. The smallest absolute Gasteiger partial charge is 0.335 e. The van der Waals surface area contributed by atoms with Crippen LogP contribution in [0, 0.1) is 5.92 Å². The van der Waals surface area contributed by atoms with E-state index in [1.807, 2.05) is 42.5 Å². The van der Waals surface area contributed by atoms with E-state index < -0.39 is 5.97 Å². The molecule has 0 aliphatic carbocycles. The van der Waals surface area contributed by atoms with E-state index in [2.05, 4.69) is 27.3 Å². The van der Waals surface area contributed by atoms with Gasteiger partial charge in [-0.05, 0) is 65.4 Å². The number of aromatic nitrogens is 1. The Balaban J connectivity index is 1.10. The summed E-state index contributed by atoms with van der Waals surface area (Å²) in [5, 5.41) is 14.3. The summed E-state index contributed by atoms with van der Waals surface area (Å²) in [5.74, 6) is 0.849. The lowest BCUT2D eigenvalue weighted by Crippen LogP contribution is -2.36. The molecule has 3 aromatic carbocycles. The summed E-state index contributed by atoms with van der Waals surface area (Å²) < 4.78 is 5.86. The molecule has 0 unspecified atom stereocenters. The van der Waals surface area contributed by atoms with Crippen LogP contribution in [0.3, 0.4) is 0 Å². The Bertz CT molecular complexity index is 1390. The molecule has 1 aliphatic heterocycles. The molecule has 0 bridgehead atoms. The molecule has 1 aromatic heterocycles. The van der Waals surface area contributed by atoms with Gasteiger partial charge in [0.2, 0.25) is 5.91 Å². The second kappa shape index (κ2) is 11.1. The normalized spacial score (nSPS) is 13.9. The van der Waals surface area contributed by atoms with Crippen LogP contribution in [0.25, 0.3) is 10.8 Å². The molecule has 2 heterocycles. The first-order valence-electron chi connectivity index (χ1n) is 12.5. The highest BCUT2D eigenvalue weighted by Gasteiger charge is 2.21. The number of piperidine rings is 1. The number of amides is 1. The number of anilines is 2. The second-order valence-electron chi connectivity index (χ2n) is 9.34. The molecule has 7 heteroatoms. The van der Waals surface area contributed by atoms with Crippen molar-refractivity contribution in [1.82, 2.24) is 4.98 Å². The summed E-state index contributed by atoms with van der Waals surface area (Å²) in [6.45, 7) is 2.29. The Morgan fingerprint density at radius 1 is 0.973 bits per heavy atom. The standard InChI is InChI=1S/C30H29N3O4/c34-29(18-23-7-3-6-22-5-1-2-10-27(22)23)32-25-11-12-28(31-19-25)33-15-13-21(14-16-33)20-37-26-9-4-8-24(17-26)30(35)36/h1-12,17,19,21H,13-16,18,20H2,(H,32,34)(H,35,36). The number of hydrogen-bond donors (Lipinski definition) is 2. The fraction of sp³-hybridized carbons (Fsp3) is 0.233. The van der Waals surface area contributed by atoms with Crippen LogP contribution >= 0.6 is 0 Å². The van der Waals surface area contributed by atoms with E-state index in [-0.39, 0.29) is 11.5 Å². The van der Waals surface area contributed by atoms with Gasteiger partial charge in [-0.25, -0.2) is 9.78 Å². The molecular weight excluding hydrogens is 466 g/mol. The van der Waals surface area contributed by atoms with E-state index in [1.165, 1.54) is 0 Å². The number of carboxylic acids is 1. The maximum absolute atomic E-state index is 12.7. The minimum absolute atomic E-state index is 0.0689. The third kappa shape index (κ3) is 6.06. The zero-order valence-electron chi connectivity index (χ0n) is 20.5. The van der Waals surface area contributed by atoms with Crippen molar-refractivity contribution in [2.75, 3.05) is 29.9 Å². The number of carboxylic acid groups (broad SMARTS) is 1. The molecule has 0 atom stereocenters. The van der Waals surface area contributed by atoms with Crippen LogP contribution < -0.4 is 15.0 Å². The average molecular weight is 496 g/mol. The molecule has 2 N–H and O–H groups in total. The molecule has 1 saturated heterocycles. The highest BCUT2D eigenvalue weighted by atomic mass is 16.5. The molecule has 1 aliphatic rings. The van der Waals surface area contributed by atoms with Gasteiger partial charge in [-0.2, -0.15) is 0 Å². The number of carbonyl (C=O) groups is 2. The Morgan fingerprint density at radius 3 is 2.54 bits per heavy atom. The van der Waals surface area contributed by atoms with E-state index in [0.717, 1.165) is 48.1 Å². The molecule has 5 rings (SSSR count). The van der Waals surface area contributed by atoms with Crippen molar-refractivity contribution in [2.24, 2.45) is 5.92 Å². The Morgan fingerprint density at radius 2 is 1.76 bits per heavy atom. The molecule has 1 amide bonds. The number of ether oxygens (including phenoxy) is 1. The molecule has 37 heavy (non-hydrogen) atoms. The summed E-state index contributed by atoms with van der Waals surface area (Å²) in [6.07, 6.45) is 3.94. The van der Waals surface area contributed by atoms with Gasteiger partial charge >= 0.3 is 5.97 Å². The molecular formula is C30H29N3O4. The molecule has 0 radical (unpaired) electrons. The highest BCUT2D eigenvalue weighted by Crippen LogP contribution is 2.25.